The third-order valence-corrected chi connectivity index (χ3v) is 4.63. The van der Waals surface area contributed by atoms with Gasteiger partial charge in [0.1, 0.15) is 0 Å². The van der Waals surface area contributed by atoms with Crippen molar-refractivity contribution in [3.05, 3.63) is 22.7 Å². The van der Waals surface area contributed by atoms with Crippen LogP contribution in [0.15, 0.2) is 12.1 Å². The number of benzene rings is 1. The largest absolute Gasteiger partial charge is 0.381 e. The van der Waals surface area contributed by atoms with Gasteiger partial charge in [0.15, 0.2) is 0 Å². The summed E-state index contributed by atoms with van der Waals surface area (Å²) in [5.41, 5.74) is 3.84. The predicted molar refractivity (Wildman–Crippen MR) is 74.1 cm³/mol. The maximum absolute atomic E-state index is 6.21. The van der Waals surface area contributed by atoms with Gasteiger partial charge in [-0.1, -0.05) is 30.9 Å². The van der Waals surface area contributed by atoms with E-state index in [9.17, 15) is 0 Å². The molecule has 1 fully saturated rings. The molecule has 1 aromatic carbocycles. The third-order valence-electron chi connectivity index (χ3n) is 4.22. The molecule has 3 rings (SSSR count). The van der Waals surface area contributed by atoms with Crippen LogP contribution >= 0.6 is 11.6 Å². The first-order valence-corrected chi connectivity index (χ1v) is 6.89. The van der Waals surface area contributed by atoms with Gasteiger partial charge in [0.25, 0.3) is 0 Å². The Morgan fingerprint density at radius 1 is 1.18 bits per heavy atom. The molecule has 0 radical (unpaired) electrons. The SMILES string of the molecule is Cc1c(Cl)ccc2c1NC1(CCCCC1)CN2. The lowest BCUT2D eigenvalue weighted by atomic mass is 9.80. The standard InChI is InChI=1S/C14H19ClN2/c1-10-11(15)5-6-12-13(10)17-14(9-16-12)7-3-2-4-8-14/h5-6,16-17H,2-4,7-9H2,1H3. The quantitative estimate of drug-likeness (QED) is 0.722. The van der Waals surface area contributed by atoms with Gasteiger partial charge >= 0.3 is 0 Å². The molecule has 92 valence electrons. The minimum Gasteiger partial charge on any atom is -0.381 e. The van der Waals surface area contributed by atoms with E-state index in [-0.39, 0.29) is 5.54 Å². The van der Waals surface area contributed by atoms with Crippen LogP contribution in [0.3, 0.4) is 0 Å². The van der Waals surface area contributed by atoms with Crippen LogP contribution in [0.25, 0.3) is 0 Å². The van der Waals surface area contributed by atoms with Crippen molar-refractivity contribution in [2.24, 2.45) is 0 Å². The first-order valence-electron chi connectivity index (χ1n) is 6.51. The van der Waals surface area contributed by atoms with Crippen LogP contribution in [0.1, 0.15) is 37.7 Å². The molecule has 0 atom stereocenters. The second-order valence-corrected chi connectivity index (χ2v) is 5.82. The molecule has 1 spiro atoms. The van der Waals surface area contributed by atoms with Gasteiger partial charge in [-0.2, -0.15) is 0 Å². The lowest BCUT2D eigenvalue weighted by molar-refractivity contribution is 0.334. The van der Waals surface area contributed by atoms with E-state index in [1.807, 2.05) is 6.07 Å². The monoisotopic (exact) mass is 250 g/mol. The molecule has 0 aromatic heterocycles. The molecule has 2 nitrogen and oxygen atoms in total. The molecule has 2 N–H and O–H groups in total. The van der Waals surface area contributed by atoms with Crippen molar-refractivity contribution in [2.45, 2.75) is 44.6 Å². The maximum atomic E-state index is 6.21. The molecule has 0 unspecified atom stereocenters. The molecular weight excluding hydrogens is 232 g/mol. The summed E-state index contributed by atoms with van der Waals surface area (Å²) in [6.07, 6.45) is 6.59. The first kappa shape index (κ1) is 11.2. The normalized spacial score (nSPS) is 21.5. The van der Waals surface area contributed by atoms with Crippen molar-refractivity contribution >= 4 is 23.0 Å². The van der Waals surface area contributed by atoms with Crippen molar-refractivity contribution in [3.8, 4) is 0 Å². The molecule has 17 heavy (non-hydrogen) atoms. The lowest BCUT2D eigenvalue weighted by Crippen LogP contribution is -2.49. The summed E-state index contributed by atoms with van der Waals surface area (Å²) in [4.78, 5) is 0. The zero-order chi connectivity index (χ0) is 11.9. The van der Waals surface area contributed by atoms with Gasteiger partial charge in [0.2, 0.25) is 0 Å². The van der Waals surface area contributed by atoms with E-state index in [2.05, 4.69) is 23.6 Å². The summed E-state index contributed by atoms with van der Waals surface area (Å²) in [5.74, 6) is 0. The molecule has 1 saturated carbocycles. The van der Waals surface area contributed by atoms with Crippen molar-refractivity contribution < 1.29 is 0 Å². The molecule has 2 aliphatic rings. The summed E-state index contributed by atoms with van der Waals surface area (Å²) in [5, 5.41) is 8.20. The summed E-state index contributed by atoms with van der Waals surface area (Å²) >= 11 is 6.21. The van der Waals surface area contributed by atoms with E-state index in [4.69, 9.17) is 11.6 Å². The zero-order valence-electron chi connectivity index (χ0n) is 10.3. The predicted octanol–water partition coefficient (Wildman–Crippen LogP) is 4.19. The van der Waals surface area contributed by atoms with Crippen LogP contribution in [-0.2, 0) is 0 Å². The Hall–Kier alpha value is -0.890. The van der Waals surface area contributed by atoms with Gasteiger partial charge in [-0.05, 0) is 37.5 Å². The van der Waals surface area contributed by atoms with Gasteiger partial charge in [0.05, 0.1) is 16.9 Å². The minimum absolute atomic E-state index is 0.265. The smallest absolute Gasteiger partial charge is 0.0625 e. The van der Waals surface area contributed by atoms with Crippen LogP contribution in [0.5, 0.6) is 0 Å². The number of fused-ring (bicyclic) bond motifs is 1. The zero-order valence-corrected chi connectivity index (χ0v) is 11.0. The minimum atomic E-state index is 0.265. The van der Waals surface area contributed by atoms with Gasteiger partial charge in [0, 0.05) is 11.6 Å². The summed E-state index contributed by atoms with van der Waals surface area (Å²) in [7, 11) is 0. The maximum Gasteiger partial charge on any atom is 0.0625 e. The molecule has 1 heterocycles. The topological polar surface area (TPSA) is 24.1 Å². The van der Waals surface area contributed by atoms with Crippen LogP contribution in [0.2, 0.25) is 5.02 Å². The highest BCUT2D eigenvalue weighted by Gasteiger charge is 2.35. The van der Waals surface area contributed by atoms with Gasteiger partial charge < -0.3 is 10.6 Å². The third kappa shape index (κ3) is 1.89. The average molecular weight is 251 g/mol. The van der Waals surface area contributed by atoms with Crippen LogP contribution in [0.4, 0.5) is 11.4 Å². The van der Waals surface area contributed by atoms with Crippen LogP contribution in [0, 0.1) is 6.92 Å². The fourth-order valence-electron chi connectivity index (χ4n) is 3.10. The molecule has 0 bridgehead atoms. The first-order chi connectivity index (χ1) is 8.20. The summed E-state index contributed by atoms with van der Waals surface area (Å²) < 4.78 is 0. The second kappa shape index (κ2) is 4.09. The van der Waals surface area contributed by atoms with Crippen molar-refractivity contribution in [1.82, 2.24) is 0 Å². The fourth-order valence-corrected chi connectivity index (χ4v) is 3.26. The molecule has 1 aliphatic heterocycles. The Kier molecular flexibility index (Phi) is 2.70. The summed E-state index contributed by atoms with van der Waals surface area (Å²) in [6.45, 7) is 3.14. The molecule has 1 aliphatic carbocycles. The van der Waals surface area contributed by atoms with Crippen LogP contribution < -0.4 is 10.6 Å². The highest BCUT2D eigenvalue weighted by molar-refractivity contribution is 6.32. The number of rotatable bonds is 0. The van der Waals surface area contributed by atoms with E-state index < -0.39 is 0 Å². The van der Waals surface area contributed by atoms with Crippen molar-refractivity contribution in [1.29, 1.82) is 0 Å². The lowest BCUT2D eigenvalue weighted by Gasteiger charge is -2.44. The van der Waals surface area contributed by atoms with Crippen LogP contribution in [-0.4, -0.2) is 12.1 Å². The molecule has 1 aromatic rings. The fraction of sp³-hybridized carbons (Fsp3) is 0.571. The van der Waals surface area contributed by atoms with Gasteiger partial charge in [-0.25, -0.2) is 0 Å². The molecule has 3 heteroatoms. The Labute approximate surface area is 108 Å². The average Bonchev–Trinajstić information content (AvgIpc) is 2.36. The van der Waals surface area contributed by atoms with E-state index in [0.717, 1.165) is 11.6 Å². The Morgan fingerprint density at radius 2 is 1.94 bits per heavy atom. The number of nitrogens with one attached hydrogen (secondary N) is 2. The van der Waals surface area contributed by atoms with Crippen molar-refractivity contribution in [2.75, 3.05) is 17.2 Å². The number of anilines is 2. The highest BCUT2D eigenvalue weighted by Crippen LogP contribution is 2.41. The Balaban J connectivity index is 1.96. The Morgan fingerprint density at radius 3 is 2.71 bits per heavy atom. The number of hydrogen-bond donors (Lipinski definition) is 2. The Bertz CT molecular complexity index is 436. The van der Waals surface area contributed by atoms with E-state index in [0.29, 0.717) is 0 Å². The highest BCUT2D eigenvalue weighted by atomic mass is 35.5. The van der Waals surface area contributed by atoms with Crippen molar-refractivity contribution in [3.63, 3.8) is 0 Å². The van der Waals surface area contributed by atoms with E-state index >= 15 is 0 Å². The van der Waals surface area contributed by atoms with E-state index in [1.165, 1.54) is 49.0 Å². The van der Waals surface area contributed by atoms with E-state index in [1.54, 1.807) is 0 Å². The van der Waals surface area contributed by atoms with Gasteiger partial charge in [-0.15, -0.1) is 0 Å². The molecule has 0 amide bonds. The van der Waals surface area contributed by atoms with Gasteiger partial charge in [-0.3, -0.25) is 0 Å². The number of halogens is 1. The molecule has 0 saturated heterocycles. The number of hydrogen-bond acceptors (Lipinski definition) is 2. The second-order valence-electron chi connectivity index (χ2n) is 5.41. The molecular formula is C14H19ClN2. The summed E-state index contributed by atoms with van der Waals surface area (Å²) in [6, 6.07) is 4.05.